The molecule has 0 atom stereocenters. The van der Waals surface area contributed by atoms with Crippen LogP contribution in [0.4, 0.5) is 5.69 Å². The van der Waals surface area contributed by atoms with Crippen LogP contribution < -0.4 is 4.90 Å². The summed E-state index contributed by atoms with van der Waals surface area (Å²) in [6.45, 7) is 6.48. The summed E-state index contributed by atoms with van der Waals surface area (Å²) in [5, 5.41) is 9.60. The van der Waals surface area contributed by atoms with E-state index in [-0.39, 0.29) is 5.97 Å². The van der Waals surface area contributed by atoms with Gasteiger partial charge >= 0.3 is 5.97 Å². The van der Waals surface area contributed by atoms with E-state index in [0.29, 0.717) is 18.1 Å². The molecule has 3 rings (SSSR count). The predicted octanol–water partition coefficient (Wildman–Crippen LogP) is 4.37. The molecule has 0 saturated carbocycles. The van der Waals surface area contributed by atoms with Crippen molar-refractivity contribution < 1.29 is 9.53 Å². The molecule has 1 aliphatic rings. The van der Waals surface area contributed by atoms with Crippen LogP contribution in [0.15, 0.2) is 42.5 Å². The molecule has 0 saturated heterocycles. The molecule has 1 heterocycles. The Morgan fingerprint density at radius 1 is 1.26 bits per heavy atom. The van der Waals surface area contributed by atoms with Gasteiger partial charge in [-0.05, 0) is 54.5 Å². The largest absolute Gasteiger partial charge is 0.462 e. The maximum Gasteiger partial charge on any atom is 0.338 e. The molecule has 0 radical (unpaired) electrons. The lowest BCUT2D eigenvalue weighted by Crippen LogP contribution is -2.24. The summed E-state index contributed by atoms with van der Waals surface area (Å²) in [6, 6.07) is 15.7. The van der Waals surface area contributed by atoms with Gasteiger partial charge in [-0.25, -0.2) is 4.79 Å². The van der Waals surface area contributed by atoms with E-state index in [2.05, 4.69) is 30.9 Å². The first-order valence-electron chi connectivity index (χ1n) is 9.61. The van der Waals surface area contributed by atoms with E-state index in [4.69, 9.17) is 4.74 Å². The van der Waals surface area contributed by atoms with Crippen molar-refractivity contribution in [3.63, 3.8) is 0 Å². The van der Waals surface area contributed by atoms with Crippen molar-refractivity contribution in [1.29, 1.82) is 5.26 Å². The van der Waals surface area contributed by atoms with Gasteiger partial charge in [-0.2, -0.15) is 5.26 Å². The zero-order valence-electron chi connectivity index (χ0n) is 16.1. The molecular formula is C23H26N2O2. The fourth-order valence-electron chi connectivity index (χ4n) is 3.67. The molecule has 27 heavy (non-hydrogen) atoms. The number of anilines is 1. The van der Waals surface area contributed by atoms with Crippen molar-refractivity contribution in [3.05, 3.63) is 64.7 Å². The second-order valence-electron chi connectivity index (χ2n) is 7.45. The van der Waals surface area contributed by atoms with Crippen LogP contribution in [-0.2, 0) is 17.6 Å². The van der Waals surface area contributed by atoms with Crippen LogP contribution in [0.5, 0.6) is 0 Å². The van der Waals surface area contributed by atoms with Gasteiger partial charge in [0.2, 0.25) is 0 Å². The lowest BCUT2D eigenvalue weighted by atomic mass is 9.97. The Morgan fingerprint density at radius 3 is 2.74 bits per heavy atom. The van der Waals surface area contributed by atoms with Gasteiger partial charge < -0.3 is 9.64 Å². The molecule has 1 aliphatic heterocycles. The number of fused-ring (bicyclic) bond motifs is 1. The maximum absolute atomic E-state index is 12.0. The minimum atomic E-state index is -0.284. The number of rotatable bonds is 7. The first-order valence-corrected chi connectivity index (χ1v) is 9.61. The van der Waals surface area contributed by atoms with E-state index < -0.39 is 0 Å². The molecule has 0 spiro atoms. The molecule has 0 unspecified atom stereocenters. The van der Waals surface area contributed by atoms with Crippen LogP contribution in [0.25, 0.3) is 0 Å². The fraction of sp³-hybridized carbons (Fsp3) is 0.391. The Bertz CT molecular complexity index is 837. The molecule has 0 aliphatic carbocycles. The topological polar surface area (TPSA) is 53.3 Å². The van der Waals surface area contributed by atoms with Crippen molar-refractivity contribution in [3.8, 4) is 6.07 Å². The van der Waals surface area contributed by atoms with Gasteiger partial charge in [0.1, 0.15) is 6.07 Å². The van der Waals surface area contributed by atoms with E-state index in [1.54, 1.807) is 12.1 Å². The van der Waals surface area contributed by atoms with Gasteiger partial charge in [0, 0.05) is 13.1 Å². The van der Waals surface area contributed by atoms with Gasteiger partial charge in [0.15, 0.2) is 0 Å². The second kappa shape index (κ2) is 8.73. The van der Waals surface area contributed by atoms with Crippen molar-refractivity contribution in [1.82, 2.24) is 0 Å². The highest BCUT2D eigenvalue weighted by atomic mass is 16.5. The molecular weight excluding hydrogens is 336 g/mol. The fourth-order valence-corrected chi connectivity index (χ4v) is 3.67. The maximum atomic E-state index is 12.0. The van der Waals surface area contributed by atoms with Crippen molar-refractivity contribution in [2.75, 3.05) is 24.6 Å². The van der Waals surface area contributed by atoms with Crippen LogP contribution >= 0.6 is 0 Å². The third-order valence-electron chi connectivity index (χ3n) is 4.80. The summed E-state index contributed by atoms with van der Waals surface area (Å²) in [5.41, 5.74) is 4.93. The van der Waals surface area contributed by atoms with Crippen LogP contribution in [0.1, 0.15) is 47.3 Å². The number of hydrogen-bond donors (Lipinski definition) is 0. The Morgan fingerprint density at radius 2 is 2.04 bits per heavy atom. The average Bonchev–Trinajstić information content (AvgIpc) is 3.07. The monoisotopic (exact) mass is 362 g/mol. The molecule has 0 bridgehead atoms. The van der Waals surface area contributed by atoms with E-state index in [9.17, 15) is 10.1 Å². The minimum absolute atomic E-state index is 0.284. The molecule has 4 nitrogen and oxygen atoms in total. The van der Waals surface area contributed by atoms with Gasteiger partial charge in [-0.3, -0.25) is 0 Å². The van der Waals surface area contributed by atoms with E-state index in [1.807, 2.05) is 24.3 Å². The van der Waals surface area contributed by atoms with Crippen LogP contribution in [-0.4, -0.2) is 25.7 Å². The standard InChI is InChI=1S/C23H26N2O2/c1-17(2)13-18-14-20-9-11-25(22(20)21(15-18)16-24)10-6-12-27-23(26)19-7-4-3-5-8-19/h3-5,7-8,14-15,17H,6,9-13H2,1-2H3. The summed E-state index contributed by atoms with van der Waals surface area (Å²) in [4.78, 5) is 14.2. The third kappa shape index (κ3) is 4.68. The zero-order chi connectivity index (χ0) is 19.2. The number of benzene rings is 2. The molecule has 0 N–H and O–H groups in total. The molecule has 0 fully saturated rings. The number of carbonyl (C=O) groups excluding carboxylic acids is 1. The molecule has 0 aromatic heterocycles. The van der Waals surface area contributed by atoms with Gasteiger partial charge in [0.05, 0.1) is 23.4 Å². The van der Waals surface area contributed by atoms with E-state index in [1.165, 1.54) is 11.1 Å². The Kier molecular flexibility index (Phi) is 6.13. The van der Waals surface area contributed by atoms with Crippen LogP contribution in [0.3, 0.4) is 0 Å². The smallest absolute Gasteiger partial charge is 0.338 e. The SMILES string of the molecule is CC(C)Cc1cc(C#N)c2c(c1)CCN2CCCOC(=O)c1ccccc1. The Labute approximate surface area is 161 Å². The van der Waals surface area contributed by atoms with Crippen LogP contribution in [0, 0.1) is 17.2 Å². The highest BCUT2D eigenvalue weighted by Crippen LogP contribution is 2.33. The summed E-state index contributed by atoms with van der Waals surface area (Å²) >= 11 is 0. The van der Waals surface area contributed by atoms with E-state index in [0.717, 1.165) is 43.6 Å². The first kappa shape index (κ1) is 19.0. The minimum Gasteiger partial charge on any atom is -0.462 e. The number of carbonyl (C=O) groups is 1. The summed E-state index contributed by atoms with van der Waals surface area (Å²) < 4.78 is 5.36. The molecule has 2 aromatic rings. The predicted molar refractivity (Wildman–Crippen MR) is 107 cm³/mol. The summed E-state index contributed by atoms with van der Waals surface area (Å²) in [6.07, 6.45) is 2.72. The van der Waals surface area contributed by atoms with Gasteiger partial charge in [-0.15, -0.1) is 0 Å². The van der Waals surface area contributed by atoms with Gasteiger partial charge in [-0.1, -0.05) is 38.1 Å². The van der Waals surface area contributed by atoms with Crippen molar-refractivity contribution in [2.24, 2.45) is 5.92 Å². The van der Waals surface area contributed by atoms with Crippen LogP contribution in [0.2, 0.25) is 0 Å². The van der Waals surface area contributed by atoms with Crippen molar-refractivity contribution >= 4 is 11.7 Å². The lowest BCUT2D eigenvalue weighted by molar-refractivity contribution is 0.0502. The summed E-state index contributed by atoms with van der Waals surface area (Å²) in [5.74, 6) is 0.292. The highest BCUT2D eigenvalue weighted by molar-refractivity contribution is 5.89. The first-order chi connectivity index (χ1) is 13.1. The molecule has 140 valence electrons. The quantitative estimate of drug-likeness (QED) is 0.542. The lowest BCUT2D eigenvalue weighted by Gasteiger charge is -2.21. The molecule has 0 amide bonds. The van der Waals surface area contributed by atoms with Gasteiger partial charge in [0.25, 0.3) is 0 Å². The number of nitriles is 1. The Hall–Kier alpha value is -2.80. The van der Waals surface area contributed by atoms with E-state index >= 15 is 0 Å². The number of esters is 1. The molecule has 2 aromatic carbocycles. The third-order valence-corrected chi connectivity index (χ3v) is 4.80. The highest BCUT2D eigenvalue weighted by Gasteiger charge is 2.23. The Balaban J connectivity index is 1.58. The molecule has 4 heteroatoms. The van der Waals surface area contributed by atoms with Crippen molar-refractivity contribution in [2.45, 2.75) is 33.1 Å². The second-order valence-corrected chi connectivity index (χ2v) is 7.45. The number of ether oxygens (including phenoxy) is 1. The average molecular weight is 362 g/mol. The summed E-state index contributed by atoms with van der Waals surface area (Å²) in [7, 11) is 0. The normalized spacial score (nSPS) is 12.7. The number of nitrogens with zero attached hydrogens (tertiary/aromatic N) is 2. The zero-order valence-corrected chi connectivity index (χ0v) is 16.1. The number of hydrogen-bond acceptors (Lipinski definition) is 4.